The molecular weight excluding hydrogens is 288 g/mol. The van der Waals surface area contributed by atoms with E-state index in [-0.39, 0.29) is 6.09 Å². The molecule has 4 nitrogen and oxygen atoms in total. The zero-order valence-corrected chi connectivity index (χ0v) is 15.4. The standard InChI is InChI=1S/C19H32N2O2/c1-7-17(14(2)3)20-12-15-8-10-16(11-9-15)13-21-18(22)23-19(4,5)6/h8-11,14,17,20H,7,12-13H2,1-6H3,(H,21,22). The number of carbonyl (C=O) groups excluding carboxylic acids is 1. The molecule has 0 aromatic heterocycles. The minimum atomic E-state index is -0.466. The van der Waals surface area contributed by atoms with Crippen LogP contribution in [0.2, 0.25) is 0 Å². The first-order valence-electron chi connectivity index (χ1n) is 8.49. The second-order valence-electron chi connectivity index (χ2n) is 7.31. The van der Waals surface area contributed by atoms with Gasteiger partial charge in [0.05, 0.1) is 0 Å². The Labute approximate surface area is 141 Å². The fourth-order valence-corrected chi connectivity index (χ4v) is 2.36. The fourth-order valence-electron chi connectivity index (χ4n) is 2.36. The van der Waals surface area contributed by atoms with Crippen LogP contribution in [0.4, 0.5) is 4.79 Å². The predicted octanol–water partition coefficient (Wildman–Crippen LogP) is 4.24. The monoisotopic (exact) mass is 320 g/mol. The smallest absolute Gasteiger partial charge is 0.407 e. The summed E-state index contributed by atoms with van der Waals surface area (Å²) >= 11 is 0. The third-order valence-corrected chi connectivity index (χ3v) is 3.67. The number of hydrogen-bond acceptors (Lipinski definition) is 3. The molecule has 1 amide bonds. The molecule has 0 aliphatic heterocycles. The molecule has 0 radical (unpaired) electrons. The topological polar surface area (TPSA) is 50.4 Å². The number of rotatable bonds is 7. The van der Waals surface area contributed by atoms with E-state index in [2.05, 4.69) is 43.5 Å². The second-order valence-corrected chi connectivity index (χ2v) is 7.31. The van der Waals surface area contributed by atoms with Gasteiger partial charge in [0.1, 0.15) is 5.60 Å². The van der Waals surface area contributed by atoms with Gasteiger partial charge in [-0.2, -0.15) is 0 Å². The van der Waals surface area contributed by atoms with E-state index in [1.54, 1.807) is 0 Å². The van der Waals surface area contributed by atoms with Gasteiger partial charge in [0, 0.05) is 19.1 Å². The lowest BCUT2D eigenvalue weighted by Crippen LogP contribution is -2.32. The number of alkyl carbamates (subject to hydrolysis) is 1. The van der Waals surface area contributed by atoms with Crippen LogP contribution in [0.5, 0.6) is 0 Å². The first kappa shape index (κ1) is 19.5. The molecule has 0 fully saturated rings. The van der Waals surface area contributed by atoms with Crippen molar-refractivity contribution in [2.75, 3.05) is 0 Å². The molecule has 0 saturated carbocycles. The lowest BCUT2D eigenvalue weighted by Gasteiger charge is -2.21. The van der Waals surface area contributed by atoms with E-state index in [1.807, 2.05) is 32.9 Å². The maximum absolute atomic E-state index is 11.6. The van der Waals surface area contributed by atoms with Gasteiger partial charge in [-0.1, -0.05) is 45.0 Å². The maximum atomic E-state index is 11.6. The Kier molecular flexibility index (Phi) is 7.56. The van der Waals surface area contributed by atoms with Crippen LogP contribution in [0.1, 0.15) is 59.1 Å². The molecule has 0 spiro atoms. The summed E-state index contributed by atoms with van der Waals surface area (Å²) in [6.07, 6.45) is 0.751. The van der Waals surface area contributed by atoms with Crippen molar-refractivity contribution in [1.29, 1.82) is 0 Å². The fraction of sp³-hybridized carbons (Fsp3) is 0.632. The van der Waals surface area contributed by atoms with E-state index in [4.69, 9.17) is 4.74 Å². The number of ether oxygens (including phenoxy) is 1. The van der Waals surface area contributed by atoms with E-state index >= 15 is 0 Å². The second kappa shape index (κ2) is 8.92. The molecule has 1 atom stereocenters. The molecule has 1 unspecified atom stereocenters. The van der Waals surface area contributed by atoms with Crippen LogP contribution in [0, 0.1) is 5.92 Å². The summed E-state index contributed by atoms with van der Waals surface area (Å²) in [5.74, 6) is 0.636. The highest BCUT2D eigenvalue weighted by molar-refractivity contribution is 5.67. The van der Waals surface area contributed by atoms with Crippen molar-refractivity contribution in [3.8, 4) is 0 Å². The normalized spacial score (nSPS) is 13.0. The average Bonchev–Trinajstić information content (AvgIpc) is 2.45. The van der Waals surface area contributed by atoms with Crippen LogP contribution in [-0.4, -0.2) is 17.7 Å². The van der Waals surface area contributed by atoms with Crippen molar-refractivity contribution in [2.24, 2.45) is 5.92 Å². The molecule has 0 bridgehead atoms. The van der Waals surface area contributed by atoms with Gasteiger partial charge in [0.15, 0.2) is 0 Å². The first-order valence-corrected chi connectivity index (χ1v) is 8.49. The van der Waals surface area contributed by atoms with Crippen LogP contribution in [0.15, 0.2) is 24.3 Å². The van der Waals surface area contributed by atoms with Gasteiger partial charge >= 0.3 is 6.09 Å². The van der Waals surface area contributed by atoms with E-state index < -0.39 is 5.60 Å². The van der Waals surface area contributed by atoms with Crippen LogP contribution in [-0.2, 0) is 17.8 Å². The zero-order valence-electron chi connectivity index (χ0n) is 15.4. The summed E-state index contributed by atoms with van der Waals surface area (Å²) in [5, 5.41) is 6.36. The van der Waals surface area contributed by atoms with Gasteiger partial charge in [0.25, 0.3) is 0 Å². The van der Waals surface area contributed by atoms with E-state index in [1.165, 1.54) is 5.56 Å². The molecule has 2 N–H and O–H groups in total. The lowest BCUT2D eigenvalue weighted by molar-refractivity contribution is 0.0523. The van der Waals surface area contributed by atoms with E-state index in [0.717, 1.165) is 18.5 Å². The summed E-state index contributed by atoms with van der Waals surface area (Å²) in [4.78, 5) is 11.6. The number of benzene rings is 1. The first-order chi connectivity index (χ1) is 10.7. The summed E-state index contributed by atoms with van der Waals surface area (Å²) < 4.78 is 5.22. The quantitative estimate of drug-likeness (QED) is 0.790. The van der Waals surface area contributed by atoms with Crippen LogP contribution >= 0.6 is 0 Å². The molecule has 1 aromatic rings. The third-order valence-electron chi connectivity index (χ3n) is 3.67. The Balaban J connectivity index is 2.43. The summed E-state index contributed by atoms with van der Waals surface area (Å²) in [6, 6.07) is 8.84. The molecule has 1 rings (SSSR count). The molecule has 23 heavy (non-hydrogen) atoms. The van der Waals surface area contributed by atoms with Gasteiger partial charge in [0.2, 0.25) is 0 Å². The van der Waals surface area contributed by atoms with Crippen LogP contribution < -0.4 is 10.6 Å². The van der Waals surface area contributed by atoms with Gasteiger partial charge in [-0.15, -0.1) is 0 Å². The molecule has 0 aliphatic rings. The molecule has 130 valence electrons. The maximum Gasteiger partial charge on any atom is 0.407 e. The van der Waals surface area contributed by atoms with Crippen LogP contribution in [0.25, 0.3) is 0 Å². The van der Waals surface area contributed by atoms with E-state index in [9.17, 15) is 4.79 Å². The molecule has 0 heterocycles. The molecule has 0 saturated heterocycles. The lowest BCUT2D eigenvalue weighted by atomic mass is 10.0. The summed E-state index contributed by atoms with van der Waals surface area (Å²) in [6.45, 7) is 13.6. The summed E-state index contributed by atoms with van der Waals surface area (Å²) in [5.41, 5.74) is 1.85. The Bertz CT molecular complexity index is 475. The minimum Gasteiger partial charge on any atom is -0.444 e. The number of carbonyl (C=O) groups is 1. The van der Waals surface area contributed by atoms with E-state index in [0.29, 0.717) is 18.5 Å². The number of hydrogen-bond donors (Lipinski definition) is 2. The van der Waals surface area contributed by atoms with Gasteiger partial charge < -0.3 is 15.4 Å². The third kappa shape index (κ3) is 8.03. The van der Waals surface area contributed by atoms with Gasteiger partial charge in [-0.05, 0) is 44.2 Å². The highest BCUT2D eigenvalue weighted by Crippen LogP contribution is 2.10. The minimum absolute atomic E-state index is 0.383. The van der Waals surface area contributed by atoms with Crippen molar-refractivity contribution >= 4 is 6.09 Å². The van der Waals surface area contributed by atoms with Crippen molar-refractivity contribution < 1.29 is 9.53 Å². The SMILES string of the molecule is CCC(NCc1ccc(CNC(=O)OC(C)(C)C)cc1)C(C)C. The Morgan fingerprint density at radius 1 is 1.09 bits per heavy atom. The van der Waals surface area contributed by atoms with Gasteiger partial charge in [-0.25, -0.2) is 4.79 Å². The number of nitrogens with one attached hydrogen (secondary N) is 2. The number of amides is 1. The van der Waals surface area contributed by atoms with Crippen molar-refractivity contribution in [1.82, 2.24) is 10.6 Å². The summed E-state index contributed by atoms with van der Waals surface area (Å²) in [7, 11) is 0. The van der Waals surface area contributed by atoms with Gasteiger partial charge in [-0.3, -0.25) is 0 Å². The molecule has 4 heteroatoms. The highest BCUT2D eigenvalue weighted by Gasteiger charge is 2.15. The van der Waals surface area contributed by atoms with Crippen LogP contribution in [0.3, 0.4) is 0 Å². The Hall–Kier alpha value is -1.55. The van der Waals surface area contributed by atoms with Crippen molar-refractivity contribution in [3.05, 3.63) is 35.4 Å². The zero-order chi connectivity index (χ0) is 17.5. The molecular formula is C19H32N2O2. The van der Waals surface area contributed by atoms with Crippen molar-refractivity contribution in [2.45, 2.75) is 72.7 Å². The van der Waals surface area contributed by atoms with Crippen molar-refractivity contribution in [3.63, 3.8) is 0 Å². The average molecular weight is 320 g/mol. The Morgan fingerprint density at radius 3 is 2.04 bits per heavy atom. The highest BCUT2D eigenvalue weighted by atomic mass is 16.6. The largest absolute Gasteiger partial charge is 0.444 e. The predicted molar refractivity (Wildman–Crippen MR) is 95.3 cm³/mol. The Morgan fingerprint density at radius 2 is 1.61 bits per heavy atom. The molecule has 0 aliphatic carbocycles. The molecule has 1 aromatic carbocycles.